The van der Waals surface area contributed by atoms with Gasteiger partial charge in [0, 0.05) is 22.5 Å². The molecule has 0 aliphatic heterocycles. The Bertz CT molecular complexity index is 1250. The van der Waals surface area contributed by atoms with E-state index in [9.17, 15) is 22.8 Å². The van der Waals surface area contributed by atoms with Gasteiger partial charge >= 0.3 is 5.97 Å². The van der Waals surface area contributed by atoms with Gasteiger partial charge in [0.25, 0.3) is 15.9 Å². The monoisotopic (exact) mass is 438 g/mol. The normalized spacial score (nSPS) is 10.9. The van der Waals surface area contributed by atoms with Crippen molar-refractivity contribution < 1.29 is 27.9 Å². The molecule has 0 heterocycles. The highest BCUT2D eigenvalue weighted by molar-refractivity contribution is 7.92. The molecule has 0 aliphatic carbocycles. The largest absolute Gasteiger partial charge is 0.478 e. The number of rotatable bonds is 7. The molecule has 1 amide bonds. The number of nitrogens with one attached hydrogen (secondary N) is 2. The van der Waals surface area contributed by atoms with Crippen molar-refractivity contribution in [1.82, 2.24) is 0 Å². The molecule has 158 valence electrons. The van der Waals surface area contributed by atoms with Gasteiger partial charge < -0.3 is 10.4 Å². The van der Waals surface area contributed by atoms with E-state index in [0.717, 1.165) is 0 Å². The van der Waals surface area contributed by atoms with Crippen molar-refractivity contribution in [1.29, 1.82) is 0 Å². The van der Waals surface area contributed by atoms with Gasteiger partial charge in [-0.3, -0.25) is 14.3 Å². The molecule has 0 saturated carbocycles. The molecular weight excluding hydrogens is 420 g/mol. The van der Waals surface area contributed by atoms with Crippen LogP contribution in [0.3, 0.4) is 0 Å². The SMILES string of the molecule is CC(=O)c1ccc(NS(=O)(=O)c2cccc(C(=O)Nc3ccc(C(=O)O)cc3)c2)cc1. The molecule has 3 rings (SSSR count). The predicted molar refractivity (Wildman–Crippen MR) is 115 cm³/mol. The molecule has 3 aromatic carbocycles. The smallest absolute Gasteiger partial charge is 0.335 e. The molecule has 0 unspecified atom stereocenters. The van der Waals surface area contributed by atoms with E-state index in [0.29, 0.717) is 11.3 Å². The molecule has 8 nitrogen and oxygen atoms in total. The minimum atomic E-state index is -3.97. The van der Waals surface area contributed by atoms with Gasteiger partial charge in [0.05, 0.1) is 10.5 Å². The third-order valence-corrected chi connectivity index (χ3v) is 5.72. The summed E-state index contributed by atoms with van der Waals surface area (Å²) in [6.07, 6.45) is 0. The number of carboxylic acid groups (broad SMARTS) is 1. The molecule has 9 heteroatoms. The number of anilines is 2. The van der Waals surface area contributed by atoms with Crippen molar-refractivity contribution in [3.8, 4) is 0 Å². The van der Waals surface area contributed by atoms with Crippen LogP contribution in [0.5, 0.6) is 0 Å². The first-order valence-corrected chi connectivity index (χ1v) is 10.5. The molecule has 0 bridgehead atoms. The van der Waals surface area contributed by atoms with Crippen molar-refractivity contribution >= 4 is 39.1 Å². The van der Waals surface area contributed by atoms with Crippen LogP contribution in [0.15, 0.2) is 77.7 Å². The highest BCUT2D eigenvalue weighted by atomic mass is 32.2. The Morgan fingerprint density at radius 2 is 1.35 bits per heavy atom. The van der Waals surface area contributed by atoms with Crippen molar-refractivity contribution in [2.75, 3.05) is 10.0 Å². The summed E-state index contributed by atoms with van der Waals surface area (Å²) in [4.78, 5) is 34.6. The maximum atomic E-state index is 12.7. The van der Waals surface area contributed by atoms with E-state index in [-0.39, 0.29) is 27.5 Å². The fourth-order valence-electron chi connectivity index (χ4n) is 2.69. The summed E-state index contributed by atoms with van der Waals surface area (Å²) >= 11 is 0. The number of sulfonamides is 1. The van der Waals surface area contributed by atoms with Crippen LogP contribution in [0, 0.1) is 0 Å². The summed E-state index contributed by atoms with van der Waals surface area (Å²) in [6, 6.07) is 17.0. The van der Waals surface area contributed by atoms with Gasteiger partial charge in [0.1, 0.15) is 0 Å². The van der Waals surface area contributed by atoms with Crippen LogP contribution >= 0.6 is 0 Å². The number of ketones is 1. The third-order valence-electron chi connectivity index (χ3n) is 4.34. The lowest BCUT2D eigenvalue weighted by Crippen LogP contribution is -2.16. The molecule has 0 radical (unpaired) electrons. The van der Waals surface area contributed by atoms with E-state index in [1.54, 1.807) is 0 Å². The number of hydrogen-bond donors (Lipinski definition) is 3. The lowest BCUT2D eigenvalue weighted by Gasteiger charge is -2.10. The van der Waals surface area contributed by atoms with Gasteiger partial charge in [-0.05, 0) is 73.7 Å². The lowest BCUT2D eigenvalue weighted by molar-refractivity contribution is 0.0696. The van der Waals surface area contributed by atoms with E-state index < -0.39 is 21.9 Å². The van der Waals surface area contributed by atoms with Crippen LogP contribution in [-0.4, -0.2) is 31.2 Å². The number of amides is 1. The number of carbonyl (C=O) groups excluding carboxylic acids is 2. The average molecular weight is 438 g/mol. The van der Waals surface area contributed by atoms with Gasteiger partial charge in [-0.2, -0.15) is 0 Å². The summed E-state index contributed by atoms with van der Waals surface area (Å²) in [7, 11) is -3.97. The van der Waals surface area contributed by atoms with Gasteiger partial charge in [-0.1, -0.05) is 6.07 Å². The highest BCUT2D eigenvalue weighted by Crippen LogP contribution is 2.19. The summed E-state index contributed by atoms with van der Waals surface area (Å²) in [5.74, 6) is -1.77. The van der Waals surface area contributed by atoms with E-state index in [4.69, 9.17) is 5.11 Å². The fourth-order valence-corrected chi connectivity index (χ4v) is 3.80. The molecule has 31 heavy (non-hydrogen) atoms. The molecule has 0 saturated heterocycles. The van der Waals surface area contributed by atoms with E-state index in [1.165, 1.54) is 79.7 Å². The maximum Gasteiger partial charge on any atom is 0.335 e. The first-order chi connectivity index (χ1) is 14.7. The molecule has 0 atom stereocenters. The molecular formula is C22H18N2O6S. The van der Waals surface area contributed by atoms with E-state index >= 15 is 0 Å². The Morgan fingerprint density at radius 3 is 1.94 bits per heavy atom. The molecule has 0 spiro atoms. The second kappa shape index (κ2) is 8.80. The van der Waals surface area contributed by atoms with Crippen LogP contribution in [0.25, 0.3) is 0 Å². The number of benzene rings is 3. The highest BCUT2D eigenvalue weighted by Gasteiger charge is 2.17. The summed E-state index contributed by atoms with van der Waals surface area (Å²) in [6.45, 7) is 1.41. The van der Waals surface area contributed by atoms with Crippen LogP contribution in [0.1, 0.15) is 38.0 Å². The first-order valence-electron chi connectivity index (χ1n) is 9.04. The zero-order valence-corrected chi connectivity index (χ0v) is 17.1. The lowest BCUT2D eigenvalue weighted by atomic mass is 10.1. The van der Waals surface area contributed by atoms with E-state index in [1.807, 2.05) is 0 Å². The number of carboxylic acids is 1. The molecule has 0 fully saturated rings. The molecule has 3 N–H and O–H groups in total. The zero-order chi connectivity index (χ0) is 22.6. The Balaban J connectivity index is 1.77. The van der Waals surface area contributed by atoms with Gasteiger partial charge in [-0.25, -0.2) is 13.2 Å². The Morgan fingerprint density at radius 1 is 0.774 bits per heavy atom. The quantitative estimate of drug-likeness (QED) is 0.483. The topological polar surface area (TPSA) is 130 Å². The second-order valence-electron chi connectivity index (χ2n) is 6.60. The average Bonchev–Trinajstić information content (AvgIpc) is 2.74. The fraction of sp³-hybridized carbons (Fsp3) is 0.0455. The number of Topliss-reactive ketones (excluding diaryl/α,β-unsaturated/α-hetero) is 1. The Kier molecular flexibility index (Phi) is 6.17. The van der Waals surface area contributed by atoms with Crippen molar-refractivity contribution in [3.63, 3.8) is 0 Å². The van der Waals surface area contributed by atoms with Gasteiger partial charge in [-0.15, -0.1) is 0 Å². The summed E-state index contributed by atoms with van der Waals surface area (Å²) < 4.78 is 27.8. The minimum Gasteiger partial charge on any atom is -0.478 e. The van der Waals surface area contributed by atoms with Crippen LogP contribution < -0.4 is 10.0 Å². The Hall–Kier alpha value is -3.98. The second-order valence-corrected chi connectivity index (χ2v) is 8.29. The zero-order valence-electron chi connectivity index (χ0n) is 16.3. The number of aromatic carboxylic acids is 1. The van der Waals surface area contributed by atoms with Gasteiger partial charge in [0.15, 0.2) is 5.78 Å². The molecule has 3 aromatic rings. The van der Waals surface area contributed by atoms with Crippen molar-refractivity contribution in [2.24, 2.45) is 0 Å². The van der Waals surface area contributed by atoms with E-state index in [2.05, 4.69) is 10.0 Å². The van der Waals surface area contributed by atoms with Crippen molar-refractivity contribution in [3.05, 3.63) is 89.5 Å². The summed E-state index contributed by atoms with van der Waals surface area (Å²) in [5, 5.41) is 11.5. The Labute approximate surface area is 178 Å². The van der Waals surface area contributed by atoms with Crippen LogP contribution in [0.2, 0.25) is 0 Å². The molecule has 0 aliphatic rings. The molecule has 0 aromatic heterocycles. The van der Waals surface area contributed by atoms with Crippen LogP contribution in [0.4, 0.5) is 11.4 Å². The minimum absolute atomic E-state index is 0.0773. The summed E-state index contributed by atoms with van der Waals surface area (Å²) in [5.41, 5.74) is 1.29. The van der Waals surface area contributed by atoms with Gasteiger partial charge in [0.2, 0.25) is 0 Å². The first kappa shape index (κ1) is 21.7. The standard InChI is InChI=1S/C22H18N2O6S/c1-14(25)15-5-11-19(12-6-15)24-31(29,30)20-4-2-3-17(13-20)21(26)23-18-9-7-16(8-10-18)22(27)28/h2-13,24H,1H3,(H,23,26)(H,27,28). The number of carbonyl (C=O) groups is 3. The van der Waals surface area contributed by atoms with Crippen molar-refractivity contribution in [2.45, 2.75) is 11.8 Å². The van der Waals surface area contributed by atoms with Crippen LogP contribution in [-0.2, 0) is 10.0 Å². The third kappa shape index (κ3) is 5.34. The maximum absolute atomic E-state index is 12.7. The number of hydrogen-bond acceptors (Lipinski definition) is 5. The predicted octanol–water partition coefficient (Wildman–Crippen LogP) is 3.64.